The molecule has 1 aromatic heterocycles. The number of aromatic hydroxyl groups is 1. The van der Waals surface area contributed by atoms with Crippen molar-refractivity contribution in [1.82, 2.24) is 9.55 Å². The van der Waals surface area contributed by atoms with Crippen LogP contribution in [0.1, 0.15) is 37.8 Å². The first kappa shape index (κ1) is 12.9. The molecule has 1 aliphatic rings. The van der Waals surface area contributed by atoms with Crippen molar-refractivity contribution < 1.29 is 9.84 Å². The largest absolute Gasteiger partial charge is 0.494 e. The van der Waals surface area contributed by atoms with Crippen LogP contribution in [0.15, 0.2) is 9.59 Å². The fourth-order valence-electron chi connectivity index (χ4n) is 2.68. The molecular weight excluding hydrogens is 236 g/mol. The van der Waals surface area contributed by atoms with Crippen LogP contribution in [0.25, 0.3) is 0 Å². The van der Waals surface area contributed by atoms with Crippen LogP contribution < -0.4 is 11.2 Å². The van der Waals surface area contributed by atoms with E-state index >= 15 is 0 Å². The van der Waals surface area contributed by atoms with E-state index in [0.29, 0.717) is 6.42 Å². The van der Waals surface area contributed by atoms with Gasteiger partial charge in [-0.25, -0.2) is 4.79 Å². The highest BCUT2D eigenvalue weighted by molar-refractivity contribution is 5.23. The van der Waals surface area contributed by atoms with Crippen LogP contribution in [0, 0.1) is 0 Å². The third kappa shape index (κ3) is 1.96. The topological polar surface area (TPSA) is 84.3 Å². The Morgan fingerprint density at radius 2 is 2.17 bits per heavy atom. The van der Waals surface area contributed by atoms with Gasteiger partial charge in [0.15, 0.2) is 0 Å². The highest BCUT2D eigenvalue weighted by Gasteiger charge is 2.32. The maximum Gasteiger partial charge on any atom is 0.331 e. The smallest absolute Gasteiger partial charge is 0.331 e. The molecule has 0 aliphatic heterocycles. The molecule has 1 aromatic rings. The van der Waals surface area contributed by atoms with E-state index in [9.17, 15) is 14.7 Å². The summed E-state index contributed by atoms with van der Waals surface area (Å²) in [4.78, 5) is 25.7. The van der Waals surface area contributed by atoms with E-state index in [1.165, 1.54) is 4.57 Å². The molecule has 1 saturated carbocycles. The summed E-state index contributed by atoms with van der Waals surface area (Å²) in [7, 11) is 1.59. The lowest BCUT2D eigenvalue weighted by Crippen LogP contribution is -2.37. The second-order valence-electron chi connectivity index (χ2n) is 4.56. The van der Waals surface area contributed by atoms with Crippen molar-refractivity contribution in [2.75, 3.05) is 7.11 Å². The number of nitrogens with zero attached hydrogens (tertiary/aromatic N) is 1. The number of nitrogens with one attached hydrogen (secondary N) is 1. The third-order valence-electron chi connectivity index (χ3n) is 3.62. The first-order valence-corrected chi connectivity index (χ1v) is 6.19. The number of ether oxygens (including phenoxy) is 1. The van der Waals surface area contributed by atoms with Crippen molar-refractivity contribution in [2.45, 2.75) is 44.8 Å². The van der Waals surface area contributed by atoms with Gasteiger partial charge in [-0.15, -0.1) is 0 Å². The lowest BCUT2D eigenvalue weighted by atomic mass is 10.2. The van der Waals surface area contributed by atoms with E-state index < -0.39 is 11.2 Å². The SMILES string of the molecule is CCc1c(O)n(C2CCCC2OC)c(=O)[nH]c1=O. The van der Waals surface area contributed by atoms with Crippen molar-refractivity contribution in [3.63, 3.8) is 0 Å². The molecule has 100 valence electrons. The van der Waals surface area contributed by atoms with Gasteiger partial charge in [-0.1, -0.05) is 6.92 Å². The quantitative estimate of drug-likeness (QED) is 0.824. The molecule has 2 unspecified atom stereocenters. The Hall–Kier alpha value is -1.56. The summed E-state index contributed by atoms with van der Waals surface area (Å²) < 4.78 is 6.59. The molecule has 6 heteroatoms. The molecule has 1 aliphatic carbocycles. The molecule has 2 atom stereocenters. The second-order valence-corrected chi connectivity index (χ2v) is 4.56. The number of rotatable bonds is 3. The van der Waals surface area contributed by atoms with Gasteiger partial charge in [0.25, 0.3) is 5.56 Å². The summed E-state index contributed by atoms with van der Waals surface area (Å²) in [5.74, 6) is -0.222. The zero-order valence-corrected chi connectivity index (χ0v) is 10.6. The van der Waals surface area contributed by atoms with Crippen molar-refractivity contribution in [1.29, 1.82) is 0 Å². The number of hydrogen-bond acceptors (Lipinski definition) is 4. The molecular formula is C12H18N2O4. The lowest BCUT2D eigenvalue weighted by Gasteiger charge is -2.22. The first-order valence-electron chi connectivity index (χ1n) is 6.19. The van der Waals surface area contributed by atoms with Crippen LogP contribution in [0.3, 0.4) is 0 Å². The minimum Gasteiger partial charge on any atom is -0.494 e. The van der Waals surface area contributed by atoms with E-state index in [1.54, 1.807) is 14.0 Å². The van der Waals surface area contributed by atoms with E-state index in [1.807, 2.05) is 0 Å². The molecule has 0 saturated heterocycles. The number of H-pyrrole nitrogens is 1. The predicted octanol–water partition coefficient (Wildman–Crippen LogP) is 0.545. The molecule has 0 radical (unpaired) electrons. The van der Waals surface area contributed by atoms with Crippen molar-refractivity contribution >= 4 is 0 Å². The molecule has 1 fully saturated rings. The minimum atomic E-state index is -0.566. The van der Waals surface area contributed by atoms with E-state index in [2.05, 4.69) is 4.98 Å². The summed E-state index contributed by atoms with van der Waals surface area (Å²) in [6.07, 6.45) is 2.85. The van der Waals surface area contributed by atoms with Crippen LogP contribution in [0.2, 0.25) is 0 Å². The summed E-state index contributed by atoms with van der Waals surface area (Å²) in [6, 6.07) is -0.204. The Labute approximate surface area is 104 Å². The number of hydrogen-bond donors (Lipinski definition) is 2. The Kier molecular flexibility index (Phi) is 3.56. The summed E-state index contributed by atoms with van der Waals surface area (Å²) in [5.41, 5.74) is -0.830. The van der Waals surface area contributed by atoms with Gasteiger partial charge in [-0.2, -0.15) is 0 Å². The van der Waals surface area contributed by atoms with E-state index in [0.717, 1.165) is 19.3 Å². The fourth-order valence-corrected chi connectivity index (χ4v) is 2.68. The summed E-state index contributed by atoms with van der Waals surface area (Å²) >= 11 is 0. The van der Waals surface area contributed by atoms with Crippen LogP contribution in [0.5, 0.6) is 5.88 Å². The minimum absolute atomic E-state index is 0.0933. The van der Waals surface area contributed by atoms with Crippen LogP contribution in [-0.4, -0.2) is 27.9 Å². The molecule has 0 amide bonds. The van der Waals surface area contributed by atoms with Crippen molar-refractivity contribution in [2.24, 2.45) is 0 Å². The highest BCUT2D eigenvalue weighted by Crippen LogP contribution is 2.33. The van der Waals surface area contributed by atoms with Gasteiger partial charge in [0.2, 0.25) is 5.88 Å². The van der Waals surface area contributed by atoms with Crippen LogP contribution in [0.4, 0.5) is 0 Å². The Bertz CT molecular complexity index is 546. The van der Waals surface area contributed by atoms with E-state index in [4.69, 9.17) is 4.74 Å². The zero-order chi connectivity index (χ0) is 13.3. The molecule has 0 spiro atoms. The lowest BCUT2D eigenvalue weighted by molar-refractivity contribution is 0.0702. The van der Waals surface area contributed by atoms with Gasteiger partial charge in [0.05, 0.1) is 17.7 Å². The molecule has 0 aromatic carbocycles. The normalized spacial score (nSPS) is 23.4. The van der Waals surface area contributed by atoms with Crippen LogP contribution >= 0.6 is 0 Å². The average Bonchev–Trinajstić information content (AvgIpc) is 2.77. The Morgan fingerprint density at radius 3 is 2.78 bits per heavy atom. The van der Waals surface area contributed by atoms with Gasteiger partial charge in [0, 0.05) is 7.11 Å². The summed E-state index contributed by atoms with van der Waals surface area (Å²) in [5, 5.41) is 10.1. The van der Waals surface area contributed by atoms with Crippen LogP contribution in [-0.2, 0) is 11.2 Å². The van der Waals surface area contributed by atoms with Gasteiger partial charge >= 0.3 is 5.69 Å². The molecule has 6 nitrogen and oxygen atoms in total. The Balaban J connectivity index is 2.57. The molecule has 1 heterocycles. The van der Waals surface area contributed by atoms with Gasteiger partial charge in [0.1, 0.15) is 0 Å². The molecule has 2 rings (SSSR count). The second kappa shape index (κ2) is 4.97. The monoisotopic (exact) mass is 254 g/mol. The van der Waals surface area contributed by atoms with Gasteiger partial charge < -0.3 is 9.84 Å². The average molecular weight is 254 g/mol. The number of aromatic nitrogens is 2. The maximum atomic E-state index is 11.9. The fraction of sp³-hybridized carbons (Fsp3) is 0.667. The molecule has 18 heavy (non-hydrogen) atoms. The van der Waals surface area contributed by atoms with E-state index in [-0.39, 0.29) is 23.6 Å². The van der Waals surface area contributed by atoms with Gasteiger partial charge in [-0.3, -0.25) is 14.3 Å². The third-order valence-corrected chi connectivity index (χ3v) is 3.62. The first-order chi connectivity index (χ1) is 8.60. The highest BCUT2D eigenvalue weighted by atomic mass is 16.5. The number of methoxy groups -OCH3 is 1. The maximum absolute atomic E-state index is 11.9. The van der Waals surface area contributed by atoms with Gasteiger partial charge in [-0.05, 0) is 25.7 Å². The standard InChI is InChI=1S/C12H18N2O4/c1-3-7-10(15)13-12(17)14(11(7)16)8-5-4-6-9(8)18-2/h8-9,16H,3-6H2,1-2H3,(H,13,15,17). The number of aromatic amines is 1. The zero-order valence-electron chi connectivity index (χ0n) is 10.6. The predicted molar refractivity (Wildman–Crippen MR) is 66.1 cm³/mol. The van der Waals surface area contributed by atoms with Crippen molar-refractivity contribution in [3.8, 4) is 5.88 Å². The Morgan fingerprint density at radius 1 is 1.44 bits per heavy atom. The van der Waals surface area contributed by atoms with Crippen molar-refractivity contribution in [3.05, 3.63) is 26.4 Å². The molecule has 2 N–H and O–H groups in total. The molecule has 0 bridgehead atoms. The summed E-state index contributed by atoms with van der Waals surface area (Å²) in [6.45, 7) is 1.77.